The van der Waals surface area contributed by atoms with Crippen molar-refractivity contribution < 1.29 is 23.0 Å². The highest BCUT2D eigenvalue weighted by Crippen LogP contribution is 2.41. The van der Waals surface area contributed by atoms with E-state index in [4.69, 9.17) is 4.74 Å². The van der Waals surface area contributed by atoms with E-state index >= 15 is 0 Å². The van der Waals surface area contributed by atoms with E-state index < -0.39 is 18.0 Å². The fraction of sp³-hybridized carbons (Fsp3) is 0.417. The van der Waals surface area contributed by atoms with Crippen molar-refractivity contribution in [3.63, 3.8) is 0 Å². The van der Waals surface area contributed by atoms with Gasteiger partial charge in [-0.1, -0.05) is 18.6 Å². The molecule has 0 radical (unpaired) electrons. The normalized spacial score (nSPS) is 22.6. The molecular formula is C24H25F3N2O2. The van der Waals surface area contributed by atoms with Crippen LogP contribution < -0.4 is 10.1 Å². The lowest BCUT2D eigenvalue weighted by Crippen LogP contribution is -2.33. The summed E-state index contributed by atoms with van der Waals surface area (Å²) in [5.74, 6) is 1.28. The van der Waals surface area contributed by atoms with Gasteiger partial charge in [0.25, 0.3) is 0 Å². The largest absolute Gasteiger partial charge is 0.490 e. The van der Waals surface area contributed by atoms with Crippen molar-refractivity contribution in [2.24, 2.45) is 5.92 Å². The SMILES string of the molecule is OC(Nc1c[nH]c2ccc(OC3CC(c4ccc(C(F)(F)F)cc4)C3)cc12)C1CCC1. The smallest absolute Gasteiger partial charge is 0.416 e. The lowest BCUT2D eigenvalue weighted by atomic mass is 9.77. The lowest BCUT2D eigenvalue weighted by Gasteiger charge is -2.36. The van der Waals surface area contributed by atoms with E-state index in [0.29, 0.717) is 5.92 Å². The molecule has 3 N–H and O–H groups in total. The monoisotopic (exact) mass is 430 g/mol. The Morgan fingerprint density at radius 1 is 1.06 bits per heavy atom. The molecule has 5 rings (SSSR count). The second kappa shape index (κ2) is 7.79. The van der Waals surface area contributed by atoms with Gasteiger partial charge in [-0.25, -0.2) is 0 Å². The minimum atomic E-state index is -4.30. The van der Waals surface area contributed by atoms with Gasteiger partial charge in [0.05, 0.1) is 17.4 Å². The third-order valence-corrected chi connectivity index (χ3v) is 6.66. The zero-order valence-corrected chi connectivity index (χ0v) is 17.0. The van der Waals surface area contributed by atoms with Crippen LogP contribution in [0, 0.1) is 5.92 Å². The molecule has 0 bridgehead atoms. The fourth-order valence-corrected chi connectivity index (χ4v) is 4.40. The molecule has 1 heterocycles. The van der Waals surface area contributed by atoms with Crippen LogP contribution in [0.25, 0.3) is 10.9 Å². The number of aromatic nitrogens is 1. The summed E-state index contributed by atoms with van der Waals surface area (Å²) in [7, 11) is 0. The zero-order valence-electron chi connectivity index (χ0n) is 17.0. The first kappa shape index (κ1) is 20.2. The maximum atomic E-state index is 12.7. The molecule has 1 unspecified atom stereocenters. The van der Waals surface area contributed by atoms with Crippen LogP contribution >= 0.6 is 0 Å². The molecule has 2 saturated carbocycles. The highest BCUT2D eigenvalue weighted by Gasteiger charge is 2.34. The molecule has 164 valence electrons. The molecule has 3 aromatic rings. The molecule has 0 spiro atoms. The predicted molar refractivity (Wildman–Crippen MR) is 113 cm³/mol. The zero-order chi connectivity index (χ0) is 21.6. The molecule has 1 aromatic heterocycles. The molecule has 2 aromatic carbocycles. The van der Waals surface area contributed by atoms with Crippen molar-refractivity contribution in [3.8, 4) is 5.75 Å². The van der Waals surface area contributed by atoms with Crippen molar-refractivity contribution in [1.29, 1.82) is 0 Å². The Morgan fingerprint density at radius 2 is 1.81 bits per heavy atom. The van der Waals surface area contributed by atoms with Gasteiger partial charge in [-0.2, -0.15) is 13.2 Å². The second-order valence-electron chi connectivity index (χ2n) is 8.72. The molecule has 2 aliphatic rings. The van der Waals surface area contributed by atoms with Gasteiger partial charge in [-0.05, 0) is 67.5 Å². The topological polar surface area (TPSA) is 57.3 Å². The highest BCUT2D eigenvalue weighted by molar-refractivity contribution is 5.93. The number of aromatic amines is 1. The third-order valence-electron chi connectivity index (χ3n) is 6.66. The number of hydrogen-bond donors (Lipinski definition) is 3. The van der Waals surface area contributed by atoms with Crippen LogP contribution in [0.3, 0.4) is 0 Å². The Morgan fingerprint density at radius 3 is 2.45 bits per heavy atom. The molecule has 0 amide bonds. The Kier molecular flexibility index (Phi) is 5.08. The molecular weight excluding hydrogens is 405 g/mol. The first-order valence-corrected chi connectivity index (χ1v) is 10.8. The van der Waals surface area contributed by atoms with Crippen molar-refractivity contribution in [2.45, 2.75) is 56.5 Å². The van der Waals surface area contributed by atoms with Gasteiger partial charge in [0.15, 0.2) is 0 Å². The number of alkyl halides is 3. The van der Waals surface area contributed by atoms with Crippen LogP contribution in [0.15, 0.2) is 48.7 Å². The minimum absolute atomic E-state index is 0.0423. The summed E-state index contributed by atoms with van der Waals surface area (Å²) in [6, 6.07) is 11.3. The number of rotatable bonds is 6. The third kappa shape index (κ3) is 4.11. The Hall–Kier alpha value is -2.67. The summed E-state index contributed by atoms with van der Waals surface area (Å²) in [5.41, 5.74) is 2.13. The first-order valence-electron chi connectivity index (χ1n) is 10.8. The molecule has 4 nitrogen and oxygen atoms in total. The van der Waals surface area contributed by atoms with Gasteiger partial charge in [-0.15, -0.1) is 0 Å². The molecule has 7 heteroatoms. The lowest BCUT2D eigenvalue weighted by molar-refractivity contribution is -0.137. The number of halogens is 3. The summed E-state index contributed by atoms with van der Waals surface area (Å²) in [6.45, 7) is 0. The maximum absolute atomic E-state index is 12.7. The van der Waals surface area contributed by atoms with E-state index in [0.717, 1.165) is 65.7 Å². The van der Waals surface area contributed by atoms with Crippen LogP contribution in [-0.2, 0) is 6.18 Å². The number of aliphatic hydroxyl groups excluding tert-OH is 1. The summed E-state index contributed by atoms with van der Waals surface area (Å²) in [6.07, 6.45) is 1.88. The molecule has 0 aliphatic heterocycles. The number of ether oxygens (including phenoxy) is 1. The summed E-state index contributed by atoms with van der Waals surface area (Å²) < 4.78 is 44.3. The standard InChI is InChI=1S/C24H25F3N2O2/c25-24(26,27)17-6-4-14(5-7-17)16-10-19(11-16)31-18-8-9-21-20(12-18)22(13-28-21)29-23(30)15-2-1-3-15/h4-9,12-13,15-16,19,23,28-30H,1-3,10-11H2. The van der Waals surface area contributed by atoms with Gasteiger partial charge in [0, 0.05) is 23.0 Å². The predicted octanol–water partition coefficient (Wildman–Crippen LogP) is 6.04. The Labute approximate surface area is 178 Å². The first-order chi connectivity index (χ1) is 14.9. The maximum Gasteiger partial charge on any atom is 0.416 e. The summed E-state index contributed by atoms with van der Waals surface area (Å²) >= 11 is 0. The molecule has 0 saturated heterocycles. The van der Waals surface area contributed by atoms with Crippen LogP contribution in [0.2, 0.25) is 0 Å². The number of fused-ring (bicyclic) bond motifs is 1. The molecule has 1 atom stereocenters. The number of anilines is 1. The average molecular weight is 430 g/mol. The number of hydrogen-bond acceptors (Lipinski definition) is 3. The van der Waals surface area contributed by atoms with Crippen LogP contribution in [0.1, 0.15) is 49.1 Å². The Balaban J connectivity index is 1.21. The van der Waals surface area contributed by atoms with Crippen molar-refractivity contribution in [2.75, 3.05) is 5.32 Å². The van der Waals surface area contributed by atoms with Gasteiger partial charge in [0.1, 0.15) is 12.0 Å². The number of H-pyrrole nitrogens is 1. The number of aliphatic hydroxyl groups is 1. The number of benzene rings is 2. The van der Waals surface area contributed by atoms with Gasteiger partial charge in [0.2, 0.25) is 0 Å². The average Bonchev–Trinajstić information content (AvgIpc) is 3.04. The van der Waals surface area contributed by atoms with E-state index in [1.165, 1.54) is 6.42 Å². The van der Waals surface area contributed by atoms with E-state index in [-0.39, 0.29) is 12.0 Å². The second-order valence-corrected chi connectivity index (χ2v) is 8.72. The molecule has 31 heavy (non-hydrogen) atoms. The quantitative estimate of drug-likeness (QED) is 0.418. The van der Waals surface area contributed by atoms with Crippen molar-refractivity contribution in [1.82, 2.24) is 4.98 Å². The van der Waals surface area contributed by atoms with E-state index in [1.807, 2.05) is 24.4 Å². The van der Waals surface area contributed by atoms with E-state index in [9.17, 15) is 18.3 Å². The van der Waals surface area contributed by atoms with Crippen molar-refractivity contribution >= 4 is 16.6 Å². The van der Waals surface area contributed by atoms with E-state index in [1.54, 1.807) is 12.1 Å². The van der Waals surface area contributed by atoms with Gasteiger partial charge >= 0.3 is 6.18 Å². The van der Waals surface area contributed by atoms with Crippen molar-refractivity contribution in [3.05, 3.63) is 59.8 Å². The van der Waals surface area contributed by atoms with Crippen LogP contribution in [0.4, 0.5) is 18.9 Å². The van der Waals surface area contributed by atoms with Gasteiger partial charge < -0.3 is 20.1 Å². The number of nitrogens with one attached hydrogen (secondary N) is 2. The molecule has 2 aliphatic carbocycles. The molecule has 2 fully saturated rings. The van der Waals surface area contributed by atoms with Crippen LogP contribution in [-0.4, -0.2) is 22.4 Å². The fourth-order valence-electron chi connectivity index (χ4n) is 4.40. The highest BCUT2D eigenvalue weighted by atomic mass is 19.4. The summed E-state index contributed by atoms with van der Waals surface area (Å²) in [4.78, 5) is 3.21. The minimum Gasteiger partial charge on any atom is -0.490 e. The Bertz CT molecular complexity index is 1050. The summed E-state index contributed by atoms with van der Waals surface area (Å²) in [5, 5.41) is 14.5. The van der Waals surface area contributed by atoms with E-state index in [2.05, 4.69) is 10.3 Å². The van der Waals surface area contributed by atoms with Crippen LogP contribution in [0.5, 0.6) is 5.75 Å². The van der Waals surface area contributed by atoms with Gasteiger partial charge in [-0.3, -0.25) is 0 Å².